The normalized spacial score (nSPS) is 11.9. The fourth-order valence-electron chi connectivity index (χ4n) is 2.43. The number of hydrogen-bond acceptors (Lipinski definition) is 4. The van der Waals surface area contributed by atoms with Gasteiger partial charge >= 0.3 is 0 Å². The van der Waals surface area contributed by atoms with Crippen LogP contribution in [0.4, 0.5) is 11.4 Å². The Hall–Kier alpha value is -3.02. The lowest BCUT2D eigenvalue weighted by atomic mass is 10.2. The zero-order valence-corrected chi connectivity index (χ0v) is 13.5. The van der Waals surface area contributed by atoms with Crippen LogP contribution in [-0.2, 0) is 9.59 Å². The highest BCUT2D eigenvalue weighted by Gasteiger charge is 2.17. The van der Waals surface area contributed by atoms with E-state index in [2.05, 4.69) is 5.32 Å². The highest BCUT2D eigenvalue weighted by molar-refractivity contribution is 6.01. The molecule has 124 valence electrons. The van der Waals surface area contributed by atoms with Crippen molar-refractivity contribution in [1.29, 1.82) is 0 Å². The molecule has 0 unspecified atom stereocenters. The van der Waals surface area contributed by atoms with Gasteiger partial charge in [-0.15, -0.1) is 0 Å². The van der Waals surface area contributed by atoms with E-state index in [1.165, 1.54) is 11.8 Å². The minimum Gasteiger partial charge on any atom is -0.454 e. The second kappa shape index (κ2) is 6.62. The lowest BCUT2D eigenvalue weighted by Crippen LogP contribution is -2.36. The van der Waals surface area contributed by atoms with E-state index in [-0.39, 0.29) is 25.2 Å². The first-order valence-electron chi connectivity index (χ1n) is 7.57. The van der Waals surface area contributed by atoms with Gasteiger partial charge in [-0.1, -0.05) is 17.7 Å². The molecule has 0 atom stereocenters. The van der Waals surface area contributed by atoms with Crippen molar-refractivity contribution in [3.05, 3.63) is 48.0 Å². The van der Waals surface area contributed by atoms with Crippen molar-refractivity contribution in [1.82, 2.24) is 0 Å². The van der Waals surface area contributed by atoms with E-state index in [9.17, 15) is 9.59 Å². The summed E-state index contributed by atoms with van der Waals surface area (Å²) in [5, 5.41) is 2.77. The Labute approximate surface area is 140 Å². The third kappa shape index (κ3) is 3.48. The molecule has 6 nitrogen and oxygen atoms in total. The predicted molar refractivity (Wildman–Crippen MR) is 90.4 cm³/mol. The number of carbonyl (C=O) groups excluding carboxylic acids is 2. The van der Waals surface area contributed by atoms with Crippen LogP contribution in [0, 0.1) is 6.92 Å². The van der Waals surface area contributed by atoms with Gasteiger partial charge in [0.15, 0.2) is 11.5 Å². The summed E-state index contributed by atoms with van der Waals surface area (Å²) in [6, 6.07) is 12.6. The summed E-state index contributed by atoms with van der Waals surface area (Å²) >= 11 is 0. The van der Waals surface area contributed by atoms with Gasteiger partial charge < -0.3 is 19.7 Å². The van der Waals surface area contributed by atoms with E-state index in [1.54, 1.807) is 18.2 Å². The fraction of sp³-hybridized carbons (Fsp3) is 0.222. The minimum atomic E-state index is -0.287. The Morgan fingerprint density at radius 3 is 2.50 bits per heavy atom. The highest BCUT2D eigenvalue weighted by atomic mass is 16.7. The Kier molecular flexibility index (Phi) is 4.37. The zero-order valence-electron chi connectivity index (χ0n) is 13.5. The van der Waals surface area contributed by atoms with Crippen LogP contribution in [0.15, 0.2) is 42.5 Å². The average Bonchev–Trinajstić information content (AvgIpc) is 3.01. The van der Waals surface area contributed by atoms with Gasteiger partial charge in [0.2, 0.25) is 18.6 Å². The lowest BCUT2D eigenvalue weighted by Gasteiger charge is -2.21. The maximum Gasteiger partial charge on any atom is 0.244 e. The first-order chi connectivity index (χ1) is 11.5. The van der Waals surface area contributed by atoms with Gasteiger partial charge in [-0.25, -0.2) is 0 Å². The number of nitrogens with zero attached hydrogens (tertiary/aromatic N) is 1. The molecule has 2 aromatic rings. The van der Waals surface area contributed by atoms with Crippen LogP contribution in [0.5, 0.6) is 11.5 Å². The number of fused-ring (bicyclic) bond motifs is 1. The van der Waals surface area contributed by atoms with Crippen molar-refractivity contribution in [2.75, 3.05) is 23.6 Å². The van der Waals surface area contributed by atoms with Gasteiger partial charge in [0.05, 0.1) is 0 Å². The van der Waals surface area contributed by atoms with E-state index < -0.39 is 0 Å². The molecule has 0 saturated heterocycles. The third-order valence-electron chi connectivity index (χ3n) is 3.68. The van der Waals surface area contributed by atoms with E-state index in [1.807, 2.05) is 31.2 Å². The van der Waals surface area contributed by atoms with Crippen molar-refractivity contribution < 1.29 is 19.1 Å². The van der Waals surface area contributed by atoms with E-state index in [4.69, 9.17) is 9.47 Å². The number of anilines is 2. The first-order valence-corrected chi connectivity index (χ1v) is 7.57. The molecule has 1 heterocycles. The van der Waals surface area contributed by atoms with Crippen LogP contribution in [0.2, 0.25) is 0 Å². The summed E-state index contributed by atoms with van der Waals surface area (Å²) in [5.41, 5.74) is 2.37. The van der Waals surface area contributed by atoms with Crippen molar-refractivity contribution in [3.63, 3.8) is 0 Å². The molecular weight excluding hydrogens is 308 g/mol. The largest absolute Gasteiger partial charge is 0.454 e. The standard InChI is InChI=1S/C18H18N2O4/c1-12-3-6-15(7-4-12)20(13(2)21)10-18(22)19-14-5-8-16-17(9-14)24-11-23-16/h3-9H,10-11H2,1-2H3,(H,19,22). The number of hydrogen-bond donors (Lipinski definition) is 1. The van der Waals surface area contributed by atoms with Crippen molar-refractivity contribution >= 4 is 23.2 Å². The number of nitrogens with one attached hydrogen (secondary N) is 1. The molecule has 6 heteroatoms. The molecule has 3 rings (SSSR count). The molecule has 24 heavy (non-hydrogen) atoms. The monoisotopic (exact) mass is 326 g/mol. The Bertz CT molecular complexity index is 771. The van der Waals surface area contributed by atoms with Gasteiger partial charge in [0, 0.05) is 24.4 Å². The average molecular weight is 326 g/mol. The first kappa shape index (κ1) is 15.9. The molecule has 0 fully saturated rings. The second-order valence-corrected chi connectivity index (χ2v) is 5.56. The molecule has 0 spiro atoms. The summed E-state index contributed by atoms with van der Waals surface area (Å²) in [6.45, 7) is 3.52. The summed E-state index contributed by atoms with van der Waals surface area (Å²) in [5.74, 6) is 0.761. The zero-order chi connectivity index (χ0) is 17.1. The van der Waals surface area contributed by atoms with Crippen molar-refractivity contribution in [2.24, 2.45) is 0 Å². The molecule has 0 bridgehead atoms. The minimum absolute atomic E-state index is 0.0627. The van der Waals surface area contributed by atoms with Gasteiger partial charge in [-0.3, -0.25) is 9.59 Å². The molecule has 0 radical (unpaired) electrons. The number of rotatable bonds is 4. The number of benzene rings is 2. The SMILES string of the molecule is CC(=O)N(CC(=O)Nc1ccc2c(c1)OCO2)c1ccc(C)cc1. The van der Waals surface area contributed by atoms with Gasteiger partial charge in [-0.05, 0) is 31.2 Å². The molecule has 2 amide bonds. The van der Waals surface area contributed by atoms with Crippen LogP contribution in [-0.4, -0.2) is 25.2 Å². The summed E-state index contributed by atoms with van der Waals surface area (Å²) in [7, 11) is 0. The third-order valence-corrected chi connectivity index (χ3v) is 3.68. The van der Waals surface area contributed by atoms with Crippen LogP contribution in [0.3, 0.4) is 0 Å². The van der Waals surface area contributed by atoms with E-state index in [0.717, 1.165) is 5.56 Å². The summed E-state index contributed by atoms with van der Waals surface area (Å²) < 4.78 is 10.5. The number of amides is 2. The Balaban J connectivity index is 1.70. The van der Waals surface area contributed by atoms with Crippen molar-refractivity contribution in [3.8, 4) is 11.5 Å². The van der Waals surface area contributed by atoms with E-state index >= 15 is 0 Å². The fourth-order valence-corrected chi connectivity index (χ4v) is 2.43. The molecule has 1 aliphatic rings. The molecule has 1 N–H and O–H groups in total. The van der Waals surface area contributed by atoms with Gasteiger partial charge in [0.25, 0.3) is 0 Å². The maximum atomic E-state index is 12.3. The quantitative estimate of drug-likeness (QED) is 0.938. The van der Waals surface area contributed by atoms with Crippen LogP contribution >= 0.6 is 0 Å². The molecule has 1 aliphatic heterocycles. The number of ether oxygens (including phenoxy) is 2. The van der Waals surface area contributed by atoms with E-state index in [0.29, 0.717) is 22.9 Å². The van der Waals surface area contributed by atoms with Crippen LogP contribution in [0.1, 0.15) is 12.5 Å². The molecule has 0 aromatic heterocycles. The number of carbonyl (C=O) groups is 2. The maximum absolute atomic E-state index is 12.3. The van der Waals surface area contributed by atoms with Gasteiger partial charge in [-0.2, -0.15) is 0 Å². The summed E-state index contributed by atoms with van der Waals surface area (Å²) in [6.07, 6.45) is 0. The summed E-state index contributed by atoms with van der Waals surface area (Å²) in [4.78, 5) is 25.6. The lowest BCUT2D eigenvalue weighted by molar-refractivity contribution is -0.120. The Morgan fingerprint density at radius 2 is 1.79 bits per heavy atom. The van der Waals surface area contributed by atoms with Gasteiger partial charge in [0.1, 0.15) is 6.54 Å². The topological polar surface area (TPSA) is 67.9 Å². The Morgan fingerprint density at radius 1 is 1.08 bits per heavy atom. The van der Waals surface area contributed by atoms with Crippen molar-refractivity contribution in [2.45, 2.75) is 13.8 Å². The molecule has 0 aliphatic carbocycles. The molecule has 0 saturated carbocycles. The molecule has 2 aromatic carbocycles. The smallest absolute Gasteiger partial charge is 0.244 e. The van der Waals surface area contributed by atoms with Crippen LogP contribution in [0.25, 0.3) is 0 Å². The predicted octanol–water partition coefficient (Wildman–Crippen LogP) is 2.72. The van der Waals surface area contributed by atoms with Crippen LogP contribution < -0.4 is 19.7 Å². The highest BCUT2D eigenvalue weighted by Crippen LogP contribution is 2.34. The second-order valence-electron chi connectivity index (χ2n) is 5.56. The number of aryl methyl sites for hydroxylation is 1. The molecular formula is C18H18N2O4.